The molecule has 0 radical (unpaired) electrons. The average Bonchev–Trinajstić information content (AvgIpc) is 2.52. The van der Waals surface area contributed by atoms with E-state index in [-0.39, 0.29) is 17.3 Å². The van der Waals surface area contributed by atoms with Crippen molar-refractivity contribution in [1.82, 2.24) is 0 Å². The third-order valence-electron chi connectivity index (χ3n) is 3.90. The van der Waals surface area contributed by atoms with Gasteiger partial charge >= 0.3 is 5.97 Å². The van der Waals surface area contributed by atoms with Crippen LogP contribution in [0.3, 0.4) is 0 Å². The number of carbonyl (C=O) groups excluding carboxylic acids is 1. The van der Waals surface area contributed by atoms with E-state index in [1.165, 1.54) is 12.7 Å². The SMILES string of the molecule is COC(=O)C1=C(C)CC(C)(C)C1CCC#C[Si](C)(C)C. The molecule has 112 valence electrons. The minimum Gasteiger partial charge on any atom is -0.466 e. The van der Waals surface area contributed by atoms with Crippen molar-refractivity contribution < 1.29 is 9.53 Å². The average molecular weight is 292 g/mol. The monoisotopic (exact) mass is 292 g/mol. The van der Waals surface area contributed by atoms with E-state index in [9.17, 15) is 4.79 Å². The van der Waals surface area contributed by atoms with Crippen LogP contribution < -0.4 is 0 Å². The molecule has 20 heavy (non-hydrogen) atoms. The first-order valence-corrected chi connectivity index (χ1v) is 10.9. The van der Waals surface area contributed by atoms with Crippen molar-refractivity contribution in [2.45, 2.75) is 59.7 Å². The van der Waals surface area contributed by atoms with Crippen molar-refractivity contribution >= 4 is 14.0 Å². The molecule has 0 N–H and O–H groups in total. The molecule has 0 fully saturated rings. The maximum atomic E-state index is 12.0. The predicted octanol–water partition coefficient (Wildman–Crippen LogP) is 4.18. The van der Waals surface area contributed by atoms with Gasteiger partial charge in [0.05, 0.1) is 7.11 Å². The van der Waals surface area contributed by atoms with E-state index in [1.807, 2.05) is 0 Å². The molecule has 1 atom stereocenters. The van der Waals surface area contributed by atoms with Crippen molar-refractivity contribution in [2.75, 3.05) is 7.11 Å². The fraction of sp³-hybridized carbons (Fsp3) is 0.706. The summed E-state index contributed by atoms with van der Waals surface area (Å²) in [7, 11) is 0.175. The van der Waals surface area contributed by atoms with Gasteiger partial charge in [-0.15, -0.1) is 11.5 Å². The van der Waals surface area contributed by atoms with Crippen molar-refractivity contribution in [3.05, 3.63) is 11.1 Å². The molecule has 0 amide bonds. The van der Waals surface area contributed by atoms with Crippen molar-refractivity contribution in [2.24, 2.45) is 11.3 Å². The Morgan fingerprint density at radius 2 is 2.00 bits per heavy atom. The van der Waals surface area contributed by atoms with Gasteiger partial charge in [-0.25, -0.2) is 4.79 Å². The lowest BCUT2D eigenvalue weighted by Gasteiger charge is -2.28. The summed E-state index contributed by atoms with van der Waals surface area (Å²) < 4.78 is 4.96. The Hall–Kier alpha value is -1.01. The van der Waals surface area contributed by atoms with E-state index in [0.717, 1.165) is 24.8 Å². The van der Waals surface area contributed by atoms with Gasteiger partial charge in [0.1, 0.15) is 8.07 Å². The second kappa shape index (κ2) is 6.18. The van der Waals surface area contributed by atoms with Crippen LogP contribution in [0.15, 0.2) is 11.1 Å². The summed E-state index contributed by atoms with van der Waals surface area (Å²) in [5.74, 6) is 3.43. The summed E-state index contributed by atoms with van der Waals surface area (Å²) in [5.41, 5.74) is 5.61. The fourth-order valence-corrected chi connectivity index (χ4v) is 3.75. The number of hydrogen-bond donors (Lipinski definition) is 0. The van der Waals surface area contributed by atoms with Gasteiger partial charge < -0.3 is 4.74 Å². The van der Waals surface area contributed by atoms with Crippen LogP contribution in [0, 0.1) is 22.8 Å². The maximum Gasteiger partial charge on any atom is 0.333 e. The second-order valence-electron chi connectivity index (χ2n) is 7.49. The molecule has 1 rings (SSSR count). The molecule has 0 bridgehead atoms. The molecule has 0 aromatic carbocycles. The Morgan fingerprint density at radius 3 is 2.50 bits per heavy atom. The standard InChI is InChI=1S/C17H28O2Si/c1-13-12-17(2,3)14(15(13)16(18)19-4)10-8-9-11-20(5,6)7/h14H,8,10,12H2,1-7H3. The van der Waals surface area contributed by atoms with E-state index in [2.05, 4.69) is 51.9 Å². The van der Waals surface area contributed by atoms with Crippen molar-refractivity contribution in [3.63, 3.8) is 0 Å². The smallest absolute Gasteiger partial charge is 0.333 e. The molecule has 0 heterocycles. The van der Waals surface area contributed by atoms with Gasteiger partial charge in [0.15, 0.2) is 0 Å². The maximum absolute atomic E-state index is 12.0. The third kappa shape index (κ3) is 4.24. The highest BCUT2D eigenvalue weighted by molar-refractivity contribution is 6.83. The predicted molar refractivity (Wildman–Crippen MR) is 87.0 cm³/mol. The summed E-state index contributed by atoms with van der Waals surface area (Å²) in [6.07, 6.45) is 2.79. The second-order valence-corrected chi connectivity index (χ2v) is 12.2. The Labute approximate surface area is 125 Å². The molecular formula is C17H28O2Si. The number of rotatable bonds is 3. The first-order chi connectivity index (χ1) is 9.08. The molecule has 1 aliphatic carbocycles. The lowest BCUT2D eigenvalue weighted by atomic mass is 9.76. The van der Waals surface area contributed by atoms with Crippen LogP contribution >= 0.6 is 0 Å². The van der Waals surface area contributed by atoms with Crippen LogP contribution in [0.4, 0.5) is 0 Å². The molecule has 0 saturated heterocycles. The van der Waals surface area contributed by atoms with Crippen LogP contribution in [-0.4, -0.2) is 21.2 Å². The number of ether oxygens (including phenoxy) is 1. The van der Waals surface area contributed by atoms with E-state index >= 15 is 0 Å². The minimum absolute atomic E-state index is 0.133. The summed E-state index contributed by atoms with van der Waals surface area (Å²) in [6.45, 7) is 13.3. The number of esters is 1. The zero-order chi connectivity index (χ0) is 15.6. The van der Waals surface area contributed by atoms with Crippen molar-refractivity contribution in [3.8, 4) is 11.5 Å². The quantitative estimate of drug-likeness (QED) is 0.443. The zero-order valence-corrected chi connectivity index (χ0v) is 15.0. The van der Waals surface area contributed by atoms with Gasteiger partial charge in [-0.2, -0.15) is 0 Å². The molecule has 3 heteroatoms. The topological polar surface area (TPSA) is 26.3 Å². The van der Waals surface area contributed by atoms with Crippen LogP contribution in [0.5, 0.6) is 0 Å². The highest BCUT2D eigenvalue weighted by Gasteiger charge is 2.41. The van der Waals surface area contributed by atoms with Crippen LogP contribution in [-0.2, 0) is 9.53 Å². The third-order valence-corrected chi connectivity index (χ3v) is 4.83. The summed E-state index contributed by atoms with van der Waals surface area (Å²) in [4.78, 5) is 12.0. The number of carbonyl (C=O) groups is 1. The Morgan fingerprint density at radius 1 is 1.40 bits per heavy atom. The fourth-order valence-electron chi connectivity index (χ4n) is 3.10. The van der Waals surface area contributed by atoms with E-state index in [1.54, 1.807) is 0 Å². The summed E-state index contributed by atoms with van der Waals surface area (Å²) in [6, 6.07) is 0. The molecule has 0 spiro atoms. The number of hydrogen-bond acceptors (Lipinski definition) is 2. The molecule has 1 aliphatic rings. The molecular weight excluding hydrogens is 264 g/mol. The normalized spacial score (nSPS) is 21.4. The highest BCUT2D eigenvalue weighted by atomic mass is 28.3. The number of allylic oxidation sites excluding steroid dienone is 1. The van der Waals surface area contributed by atoms with Gasteiger partial charge in [-0.1, -0.05) is 39.1 Å². The molecule has 0 saturated carbocycles. The first-order valence-electron chi connectivity index (χ1n) is 7.36. The van der Waals surface area contributed by atoms with Gasteiger partial charge in [0, 0.05) is 12.0 Å². The van der Waals surface area contributed by atoms with Crippen molar-refractivity contribution in [1.29, 1.82) is 0 Å². The molecule has 2 nitrogen and oxygen atoms in total. The Kier molecular flexibility index (Phi) is 5.26. The van der Waals surface area contributed by atoms with Crippen LogP contribution in [0.1, 0.15) is 40.0 Å². The van der Waals surface area contributed by atoms with Gasteiger partial charge in [0.25, 0.3) is 0 Å². The minimum atomic E-state index is -1.29. The van der Waals surface area contributed by atoms with Crippen LogP contribution in [0.2, 0.25) is 19.6 Å². The zero-order valence-electron chi connectivity index (χ0n) is 14.0. The van der Waals surface area contributed by atoms with Gasteiger partial charge in [-0.3, -0.25) is 0 Å². The molecule has 0 aromatic rings. The van der Waals surface area contributed by atoms with Crippen LogP contribution in [0.25, 0.3) is 0 Å². The summed E-state index contributed by atoms with van der Waals surface area (Å²) in [5, 5.41) is 0. The van der Waals surface area contributed by atoms with E-state index in [4.69, 9.17) is 4.74 Å². The van der Waals surface area contributed by atoms with E-state index in [0.29, 0.717) is 0 Å². The molecule has 0 aliphatic heterocycles. The highest BCUT2D eigenvalue weighted by Crippen LogP contribution is 2.48. The lowest BCUT2D eigenvalue weighted by Crippen LogP contribution is -2.24. The van der Waals surface area contributed by atoms with E-state index < -0.39 is 8.07 Å². The largest absolute Gasteiger partial charge is 0.466 e. The first kappa shape index (κ1) is 17.0. The number of methoxy groups -OCH3 is 1. The van der Waals surface area contributed by atoms with Gasteiger partial charge in [-0.05, 0) is 31.1 Å². The Balaban J connectivity index is 2.83. The van der Waals surface area contributed by atoms with Gasteiger partial charge in [0.2, 0.25) is 0 Å². The lowest BCUT2D eigenvalue weighted by molar-refractivity contribution is -0.137. The Bertz CT molecular complexity index is 469. The molecule has 1 unspecified atom stereocenters. The summed E-state index contributed by atoms with van der Waals surface area (Å²) >= 11 is 0. The molecule has 0 aromatic heterocycles.